The summed E-state index contributed by atoms with van der Waals surface area (Å²) in [5, 5.41) is 4.94. The molecule has 0 saturated heterocycles. The lowest BCUT2D eigenvalue weighted by atomic mass is 9.87. The number of hydrogen-bond acceptors (Lipinski definition) is 6. The minimum Gasteiger partial charge on any atom is -0.397 e. The number of alkyl halides is 1. The molecule has 1 atom stereocenters. The van der Waals surface area contributed by atoms with Gasteiger partial charge >= 0.3 is 0 Å². The summed E-state index contributed by atoms with van der Waals surface area (Å²) < 4.78 is 0. The Morgan fingerprint density at radius 1 is 1.36 bits per heavy atom. The zero-order chi connectivity index (χ0) is 19.6. The zero-order valence-electron chi connectivity index (χ0n) is 15.9. The first-order valence-electron chi connectivity index (χ1n) is 7.87. The van der Waals surface area contributed by atoms with Gasteiger partial charge in [-0.1, -0.05) is 36.7 Å². The van der Waals surface area contributed by atoms with Gasteiger partial charge < -0.3 is 16.1 Å². The number of nitrogen functional groups attached to an aromatic ring is 1. The molecule has 1 rings (SSSR count). The molecule has 0 aliphatic rings. The molecular weight excluding hydrogens is 380 g/mol. The van der Waals surface area contributed by atoms with E-state index in [0.717, 1.165) is 11.4 Å². The van der Waals surface area contributed by atoms with Gasteiger partial charge in [-0.25, -0.2) is 5.84 Å². The SMILES string of the molecule is C=N/C=C(/CNc1ccc(N(N)C(C)C(C)(C)C)c(N)c1)N=C.CBr. The fourth-order valence-electron chi connectivity index (χ4n) is 1.97. The van der Waals surface area contributed by atoms with Crippen molar-refractivity contribution in [2.75, 3.05) is 28.4 Å². The van der Waals surface area contributed by atoms with E-state index in [1.54, 1.807) is 11.2 Å². The molecule has 0 aliphatic carbocycles. The molecule has 1 aromatic carbocycles. The highest BCUT2D eigenvalue weighted by Gasteiger charge is 2.25. The van der Waals surface area contributed by atoms with Crippen molar-refractivity contribution in [2.24, 2.45) is 21.2 Å². The molecule has 0 spiro atoms. The van der Waals surface area contributed by atoms with Crippen LogP contribution in [0.25, 0.3) is 0 Å². The van der Waals surface area contributed by atoms with Gasteiger partial charge in [-0.2, -0.15) is 0 Å². The second-order valence-electron chi connectivity index (χ2n) is 6.54. The van der Waals surface area contributed by atoms with E-state index in [1.165, 1.54) is 0 Å². The molecule has 5 N–H and O–H groups in total. The van der Waals surface area contributed by atoms with E-state index in [9.17, 15) is 0 Å². The Kier molecular flexibility index (Phi) is 10.1. The number of benzene rings is 1. The molecule has 6 nitrogen and oxygen atoms in total. The van der Waals surface area contributed by atoms with E-state index in [2.05, 4.69) is 72.4 Å². The Morgan fingerprint density at radius 2 is 1.96 bits per heavy atom. The van der Waals surface area contributed by atoms with Crippen molar-refractivity contribution in [3.63, 3.8) is 0 Å². The number of nitrogens with one attached hydrogen (secondary N) is 1. The second-order valence-corrected chi connectivity index (χ2v) is 6.54. The Labute approximate surface area is 160 Å². The third kappa shape index (κ3) is 7.27. The van der Waals surface area contributed by atoms with Gasteiger partial charge in [-0.3, -0.25) is 9.98 Å². The number of hydrogen-bond donors (Lipinski definition) is 3. The molecule has 1 unspecified atom stereocenters. The molecule has 0 bridgehead atoms. The van der Waals surface area contributed by atoms with Gasteiger partial charge in [0.05, 0.1) is 23.6 Å². The maximum absolute atomic E-state index is 6.24. The summed E-state index contributed by atoms with van der Waals surface area (Å²) in [6.07, 6.45) is 1.56. The van der Waals surface area contributed by atoms with Crippen LogP contribution in [0.15, 0.2) is 40.1 Å². The summed E-state index contributed by atoms with van der Waals surface area (Å²) in [4.78, 5) is 7.55. The lowest BCUT2D eigenvalue weighted by Crippen LogP contribution is -2.47. The fourth-order valence-corrected chi connectivity index (χ4v) is 1.97. The molecule has 140 valence electrons. The minimum absolute atomic E-state index is 0.0468. The largest absolute Gasteiger partial charge is 0.397 e. The van der Waals surface area contributed by atoms with Crippen LogP contribution in [-0.4, -0.2) is 31.9 Å². The van der Waals surface area contributed by atoms with E-state index < -0.39 is 0 Å². The van der Waals surface area contributed by atoms with Crippen molar-refractivity contribution in [3.05, 3.63) is 30.1 Å². The third-order valence-corrected chi connectivity index (χ3v) is 3.89. The normalized spacial score (nSPS) is 12.5. The van der Waals surface area contributed by atoms with Crippen molar-refractivity contribution in [1.82, 2.24) is 0 Å². The fraction of sp³-hybridized carbons (Fsp3) is 0.444. The third-order valence-electron chi connectivity index (χ3n) is 3.89. The van der Waals surface area contributed by atoms with Crippen LogP contribution in [0.4, 0.5) is 17.1 Å². The van der Waals surface area contributed by atoms with Gasteiger partial charge in [0.1, 0.15) is 0 Å². The van der Waals surface area contributed by atoms with Crippen molar-refractivity contribution >= 4 is 46.4 Å². The van der Waals surface area contributed by atoms with E-state index in [-0.39, 0.29) is 11.5 Å². The van der Waals surface area contributed by atoms with Gasteiger partial charge in [0, 0.05) is 17.9 Å². The number of halogens is 1. The number of nitrogens with two attached hydrogens (primary N) is 2. The molecule has 0 radical (unpaired) electrons. The van der Waals surface area contributed by atoms with Gasteiger partial charge in [-0.15, -0.1) is 0 Å². The molecule has 25 heavy (non-hydrogen) atoms. The topological polar surface area (TPSA) is 92.0 Å². The highest BCUT2D eigenvalue weighted by molar-refractivity contribution is 9.08. The van der Waals surface area contributed by atoms with E-state index in [1.807, 2.05) is 24.0 Å². The van der Waals surface area contributed by atoms with Crippen molar-refractivity contribution < 1.29 is 0 Å². The molecule has 1 aromatic rings. The number of hydrazine groups is 1. The summed E-state index contributed by atoms with van der Waals surface area (Å²) >= 11 is 2.94. The van der Waals surface area contributed by atoms with Crippen molar-refractivity contribution in [1.29, 1.82) is 0 Å². The van der Waals surface area contributed by atoms with Crippen LogP contribution in [0.1, 0.15) is 27.7 Å². The average molecular weight is 411 g/mol. The first-order valence-corrected chi connectivity index (χ1v) is 9.46. The van der Waals surface area contributed by atoms with Crippen LogP contribution in [-0.2, 0) is 0 Å². The maximum atomic E-state index is 6.24. The van der Waals surface area contributed by atoms with E-state index >= 15 is 0 Å². The Morgan fingerprint density at radius 3 is 2.40 bits per heavy atom. The maximum Gasteiger partial charge on any atom is 0.0769 e. The molecule has 7 heteroatoms. The molecule has 0 aliphatic heterocycles. The van der Waals surface area contributed by atoms with Gasteiger partial charge in [0.25, 0.3) is 0 Å². The van der Waals surface area contributed by atoms with Gasteiger partial charge in [0.15, 0.2) is 0 Å². The van der Waals surface area contributed by atoms with Crippen LogP contribution >= 0.6 is 15.9 Å². The Balaban J connectivity index is 0.00000277. The molecule has 0 fully saturated rings. The molecule has 0 aromatic heterocycles. The predicted octanol–water partition coefficient (Wildman–Crippen LogP) is 4.05. The summed E-state index contributed by atoms with van der Waals surface area (Å²) in [7, 11) is 0. The second kappa shape index (κ2) is 10.9. The lowest BCUT2D eigenvalue weighted by Gasteiger charge is -2.36. The Hall–Kier alpha value is -1.86. The first-order chi connectivity index (χ1) is 11.7. The minimum atomic E-state index is 0.0468. The number of rotatable bonds is 7. The Bertz CT molecular complexity index is 592. The van der Waals surface area contributed by atoms with Crippen LogP contribution in [0.3, 0.4) is 0 Å². The highest BCUT2D eigenvalue weighted by Crippen LogP contribution is 2.31. The monoisotopic (exact) mass is 410 g/mol. The van der Waals surface area contributed by atoms with Crippen LogP contribution in [0.2, 0.25) is 0 Å². The highest BCUT2D eigenvalue weighted by atomic mass is 79.9. The predicted molar refractivity (Wildman–Crippen MR) is 117 cm³/mol. The van der Waals surface area contributed by atoms with Gasteiger partial charge in [0.2, 0.25) is 0 Å². The lowest BCUT2D eigenvalue weighted by molar-refractivity contribution is 0.322. The first kappa shape index (κ1) is 23.1. The summed E-state index contributed by atoms with van der Waals surface area (Å²) in [6.45, 7) is 15.9. The average Bonchev–Trinajstić information content (AvgIpc) is 2.58. The molecule has 0 saturated carbocycles. The molecular formula is C18H31BrN6. The summed E-state index contributed by atoms with van der Waals surface area (Å²) in [6, 6.07) is 5.84. The molecule has 0 heterocycles. The van der Waals surface area contributed by atoms with Crippen LogP contribution in [0.5, 0.6) is 0 Å². The number of anilines is 3. The summed E-state index contributed by atoms with van der Waals surface area (Å²) in [5.74, 6) is 8.05. The zero-order valence-corrected chi connectivity index (χ0v) is 17.5. The van der Waals surface area contributed by atoms with E-state index in [0.29, 0.717) is 17.9 Å². The van der Waals surface area contributed by atoms with Crippen molar-refractivity contribution in [2.45, 2.75) is 33.7 Å². The standard InChI is InChI=1S/C17H28N6.CH3Br/c1-12(17(2,3)4)23(19)16-8-7-13(9-15(16)18)22-11-14(21-6)10-20-5;1-2/h7-10,12,22H,5-6,11,18-19H2,1-4H3;1H3/b14-10-;. The van der Waals surface area contributed by atoms with Crippen LogP contribution in [0, 0.1) is 5.41 Å². The van der Waals surface area contributed by atoms with Crippen LogP contribution < -0.4 is 21.9 Å². The van der Waals surface area contributed by atoms with E-state index in [4.69, 9.17) is 11.6 Å². The van der Waals surface area contributed by atoms with Gasteiger partial charge in [-0.05, 0) is 49.8 Å². The summed E-state index contributed by atoms with van der Waals surface area (Å²) in [5.41, 5.74) is 9.21. The van der Waals surface area contributed by atoms with Crippen molar-refractivity contribution in [3.8, 4) is 0 Å². The number of aliphatic imine (C=N–C) groups is 2. The number of nitrogens with zero attached hydrogens (tertiary/aromatic N) is 3. The smallest absolute Gasteiger partial charge is 0.0769 e. The molecule has 0 amide bonds. The quantitative estimate of drug-likeness (QED) is 0.208.